The first-order chi connectivity index (χ1) is 17.4. The minimum absolute atomic E-state index is 0.0190. The predicted molar refractivity (Wildman–Crippen MR) is 149 cm³/mol. The quantitative estimate of drug-likeness (QED) is 0.369. The zero-order valence-electron chi connectivity index (χ0n) is 21.8. The van der Waals surface area contributed by atoms with Gasteiger partial charge in [-0.1, -0.05) is 36.2 Å². The first-order valence-corrected chi connectivity index (χ1v) is 14.6. The number of ether oxygens (including phenoxy) is 1. The Hall–Kier alpha value is -2.49. The highest BCUT2D eigenvalue weighted by Crippen LogP contribution is 2.27. The number of sulfonamides is 1. The highest BCUT2D eigenvalue weighted by atomic mass is 35.5. The van der Waals surface area contributed by atoms with E-state index in [9.17, 15) is 18.0 Å². The predicted octanol–water partition coefficient (Wildman–Crippen LogP) is 4.88. The first kappa shape index (κ1) is 30.7. The third kappa shape index (κ3) is 8.79. The third-order valence-corrected chi connectivity index (χ3v) is 7.97. The van der Waals surface area contributed by atoms with Gasteiger partial charge in [0.2, 0.25) is 21.8 Å². The van der Waals surface area contributed by atoms with E-state index in [0.717, 1.165) is 12.7 Å². The number of rotatable bonds is 13. The molecular weight excluding hydrogens is 537 g/mol. The maximum Gasteiger partial charge on any atom is 0.242 e. The van der Waals surface area contributed by atoms with Gasteiger partial charge >= 0.3 is 0 Å². The van der Waals surface area contributed by atoms with E-state index in [0.29, 0.717) is 27.0 Å². The van der Waals surface area contributed by atoms with Gasteiger partial charge in [0.1, 0.15) is 11.8 Å². The normalized spacial score (nSPS) is 12.9. The molecule has 0 saturated heterocycles. The van der Waals surface area contributed by atoms with Crippen LogP contribution in [0.3, 0.4) is 0 Å². The minimum Gasteiger partial charge on any atom is -0.497 e. The summed E-state index contributed by atoms with van der Waals surface area (Å²) in [6.45, 7) is 5.63. The highest BCUT2D eigenvalue weighted by molar-refractivity contribution is 7.92. The molecule has 2 rings (SSSR count). The second-order valence-corrected chi connectivity index (χ2v) is 11.6. The zero-order valence-corrected chi connectivity index (χ0v) is 24.2. The Kier molecular flexibility index (Phi) is 11.5. The number of hydrogen-bond acceptors (Lipinski definition) is 5. The number of benzene rings is 2. The van der Waals surface area contributed by atoms with Crippen LogP contribution in [0.2, 0.25) is 10.0 Å². The van der Waals surface area contributed by atoms with E-state index in [1.165, 1.54) is 16.3 Å². The van der Waals surface area contributed by atoms with Crippen molar-refractivity contribution < 1.29 is 22.7 Å². The summed E-state index contributed by atoms with van der Waals surface area (Å²) in [4.78, 5) is 27.7. The fourth-order valence-electron chi connectivity index (χ4n) is 3.65. The lowest BCUT2D eigenvalue weighted by Crippen LogP contribution is -2.49. The molecule has 0 spiro atoms. The SMILES string of the molecule is CC[C@H](C)NC(=O)[C@H](C)N(Cc1c(Cl)cccc1Cl)C(=O)CCCN(c1ccc(OC)cc1)S(C)(=O)=O. The number of carbonyl (C=O) groups excluding carboxylic acids is 2. The van der Waals surface area contributed by atoms with E-state index in [-0.39, 0.29) is 43.8 Å². The summed E-state index contributed by atoms with van der Waals surface area (Å²) in [6.07, 6.45) is 2.12. The molecule has 1 N–H and O–H groups in total. The molecule has 2 aromatic rings. The lowest BCUT2D eigenvalue weighted by molar-refractivity contribution is -0.140. The molecule has 2 atom stereocenters. The molecule has 0 unspecified atom stereocenters. The van der Waals surface area contributed by atoms with Crippen LogP contribution in [0, 0.1) is 0 Å². The lowest BCUT2D eigenvalue weighted by Gasteiger charge is -2.30. The monoisotopic (exact) mass is 571 g/mol. The Morgan fingerprint density at radius 2 is 1.65 bits per heavy atom. The number of methoxy groups -OCH3 is 1. The Bertz CT molecular complexity index is 1150. The average Bonchev–Trinajstić information content (AvgIpc) is 2.85. The van der Waals surface area contributed by atoms with Gasteiger partial charge in [0, 0.05) is 41.2 Å². The number of anilines is 1. The van der Waals surface area contributed by atoms with Gasteiger partial charge in [-0.2, -0.15) is 0 Å². The van der Waals surface area contributed by atoms with E-state index < -0.39 is 16.1 Å². The summed E-state index contributed by atoms with van der Waals surface area (Å²) >= 11 is 12.7. The molecule has 204 valence electrons. The molecule has 37 heavy (non-hydrogen) atoms. The van der Waals surface area contributed by atoms with Crippen LogP contribution in [0.4, 0.5) is 5.69 Å². The van der Waals surface area contributed by atoms with Crippen LogP contribution in [0.15, 0.2) is 42.5 Å². The van der Waals surface area contributed by atoms with Gasteiger partial charge in [-0.05, 0) is 63.1 Å². The minimum atomic E-state index is -3.59. The van der Waals surface area contributed by atoms with Gasteiger partial charge in [-0.15, -0.1) is 0 Å². The topological polar surface area (TPSA) is 96.0 Å². The summed E-state index contributed by atoms with van der Waals surface area (Å²) < 4.78 is 31.3. The number of halogens is 2. The summed E-state index contributed by atoms with van der Waals surface area (Å²) in [7, 11) is -2.06. The van der Waals surface area contributed by atoms with Gasteiger partial charge in [0.25, 0.3) is 0 Å². The van der Waals surface area contributed by atoms with E-state index >= 15 is 0 Å². The van der Waals surface area contributed by atoms with Crippen LogP contribution in [0.5, 0.6) is 5.75 Å². The largest absolute Gasteiger partial charge is 0.497 e. The molecule has 0 heterocycles. The van der Waals surface area contributed by atoms with Gasteiger partial charge in [0.15, 0.2) is 0 Å². The van der Waals surface area contributed by atoms with Crippen molar-refractivity contribution >= 4 is 50.7 Å². The highest BCUT2D eigenvalue weighted by Gasteiger charge is 2.28. The zero-order chi connectivity index (χ0) is 27.8. The standard InChI is InChI=1S/C26H35Cl2N3O5S/c1-6-18(2)29-26(33)19(3)30(17-22-23(27)9-7-10-24(22)28)25(32)11-8-16-31(37(5,34)35)20-12-14-21(36-4)15-13-20/h7,9-10,12-15,18-19H,6,8,11,16-17H2,1-5H3,(H,29,33)/t18-,19-/m0/s1. The Labute approximate surface area is 229 Å². The van der Waals surface area contributed by atoms with Gasteiger partial charge < -0.3 is 15.0 Å². The molecule has 0 fully saturated rings. The molecule has 0 aromatic heterocycles. The second kappa shape index (κ2) is 13.9. The number of hydrogen-bond donors (Lipinski definition) is 1. The van der Waals surface area contributed by atoms with Crippen molar-refractivity contribution in [2.24, 2.45) is 0 Å². The molecule has 0 radical (unpaired) electrons. The molecule has 2 aromatic carbocycles. The van der Waals surface area contributed by atoms with Crippen molar-refractivity contribution in [2.75, 3.05) is 24.2 Å². The van der Waals surface area contributed by atoms with Crippen LogP contribution < -0.4 is 14.4 Å². The summed E-state index contributed by atoms with van der Waals surface area (Å²) in [5, 5.41) is 3.69. The summed E-state index contributed by atoms with van der Waals surface area (Å²) in [5.74, 6) is -0.00116. The number of carbonyl (C=O) groups is 2. The Balaban J connectivity index is 2.22. The number of amides is 2. The summed E-state index contributed by atoms with van der Waals surface area (Å²) in [5.41, 5.74) is 1.01. The van der Waals surface area contributed by atoms with Crippen LogP contribution in [-0.2, 0) is 26.2 Å². The fraction of sp³-hybridized carbons (Fsp3) is 0.462. The second-order valence-electron chi connectivity index (χ2n) is 8.85. The van der Waals surface area contributed by atoms with Crippen molar-refractivity contribution in [3.05, 3.63) is 58.1 Å². The van der Waals surface area contributed by atoms with Crippen LogP contribution in [0.1, 0.15) is 45.6 Å². The van der Waals surface area contributed by atoms with Crippen molar-refractivity contribution in [1.82, 2.24) is 10.2 Å². The average molecular weight is 573 g/mol. The van der Waals surface area contributed by atoms with Gasteiger partial charge in [-0.3, -0.25) is 13.9 Å². The molecule has 2 amide bonds. The number of nitrogens with one attached hydrogen (secondary N) is 1. The van der Waals surface area contributed by atoms with Crippen LogP contribution in [-0.4, -0.2) is 57.1 Å². The van der Waals surface area contributed by atoms with Crippen molar-refractivity contribution in [2.45, 2.75) is 58.7 Å². The van der Waals surface area contributed by atoms with Crippen molar-refractivity contribution in [3.63, 3.8) is 0 Å². The Morgan fingerprint density at radius 3 is 2.16 bits per heavy atom. The molecule has 11 heteroatoms. The van der Waals surface area contributed by atoms with Crippen LogP contribution in [0.25, 0.3) is 0 Å². The van der Waals surface area contributed by atoms with Crippen LogP contribution >= 0.6 is 23.2 Å². The van der Waals surface area contributed by atoms with Gasteiger partial charge in [0.05, 0.1) is 19.1 Å². The van der Waals surface area contributed by atoms with E-state index in [1.54, 1.807) is 49.4 Å². The summed E-state index contributed by atoms with van der Waals surface area (Å²) in [6, 6.07) is 10.9. The molecule has 0 aliphatic heterocycles. The molecule has 8 nitrogen and oxygen atoms in total. The van der Waals surface area contributed by atoms with E-state index in [4.69, 9.17) is 27.9 Å². The molecule has 0 bridgehead atoms. The maximum atomic E-state index is 13.4. The molecular formula is C26H35Cl2N3O5S. The molecule has 0 aliphatic rings. The van der Waals surface area contributed by atoms with E-state index in [1.807, 2.05) is 13.8 Å². The number of nitrogens with zero attached hydrogens (tertiary/aromatic N) is 2. The smallest absolute Gasteiger partial charge is 0.242 e. The maximum absolute atomic E-state index is 13.4. The molecule has 0 aliphatic carbocycles. The van der Waals surface area contributed by atoms with Crippen molar-refractivity contribution in [1.29, 1.82) is 0 Å². The lowest BCUT2D eigenvalue weighted by atomic mass is 10.1. The third-order valence-electron chi connectivity index (χ3n) is 6.07. The Morgan fingerprint density at radius 1 is 1.05 bits per heavy atom. The van der Waals surface area contributed by atoms with Gasteiger partial charge in [-0.25, -0.2) is 8.42 Å². The van der Waals surface area contributed by atoms with Crippen molar-refractivity contribution in [3.8, 4) is 5.75 Å². The first-order valence-electron chi connectivity index (χ1n) is 12.0. The molecule has 0 saturated carbocycles. The fourth-order valence-corrected chi connectivity index (χ4v) is 5.14. The van der Waals surface area contributed by atoms with E-state index in [2.05, 4.69) is 5.32 Å².